The third-order valence-electron chi connectivity index (χ3n) is 4.31. The molecule has 4 unspecified atom stereocenters. The molecule has 0 saturated carbocycles. The first-order valence-corrected chi connectivity index (χ1v) is 8.23. The molecule has 4 atom stereocenters. The predicted molar refractivity (Wildman–Crippen MR) is 86.5 cm³/mol. The number of nitrogens with zero attached hydrogens (tertiary/aromatic N) is 1. The smallest absolute Gasteiger partial charge is 0.159 e. The molecule has 1 rings (SSSR count). The minimum Gasteiger partial charge on any atom is -0.373 e. The van der Waals surface area contributed by atoms with E-state index < -0.39 is 0 Å². The summed E-state index contributed by atoms with van der Waals surface area (Å²) < 4.78 is 18.1. The van der Waals surface area contributed by atoms with E-state index in [-0.39, 0.29) is 24.1 Å². The van der Waals surface area contributed by atoms with Gasteiger partial charge in [0.25, 0.3) is 0 Å². The van der Waals surface area contributed by atoms with Gasteiger partial charge in [-0.3, -0.25) is 0 Å². The Kier molecular flexibility index (Phi) is 7.11. The van der Waals surface area contributed by atoms with E-state index in [9.17, 15) is 0 Å². The van der Waals surface area contributed by atoms with E-state index in [1.165, 1.54) is 0 Å². The van der Waals surface area contributed by atoms with Crippen molar-refractivity contribution in [2.75, 3.05) is 20.7 Å². The predicted octanol–water partition coefficient (Wildman–Crippen LogP) is 3.30. The van der Waals surface area contributed by atoms with E-state index in [0.29, 0.717) is 12.0 Å². The molecule has 0 N–H and O–H groups in total. The molecule has 1 saturated heterocycles. The van der Waals surface area contributed by atoms with Crippen LogP contribution in [0.4, 0.5) is 0 Å². The first-order chi connectivity index (χ1) is 9.61. The van der Waals surface area contributed by atoms with Gasteiger partial charge in [-0.15, -0.1) is 0 Å². The zero-order valence-electron chi connectivity index (χ0n) is 15.2. The van der Waals surface area contributed by atoms with Crippen LogP contribution in [-0.2, 0) is 14.2 Å². The van der Waals surface area contributed by atoms with Gasteiger partial charge in [-0.05, 0) is 54.1 Å². The molecule has 1 heterocycles. The Labute approximate surface area is 131 Å². The van der Waals surface area contributed by atoms with Gasteiger partial charge in [0, 0.05) is 19.1 Å². The maximum absolute atomic E-state index is 6.17. The second kappa shape index (κ2) is 7.91. The molecule has 0 aromatic rings. The van der Waals surface area contributed by atoms with E-state index in [4.69, 9.17) is 14.2 Å². The van der Waals surface area contributed by atoms with Crippen molar-refractivity contribution >= 4 is 0 Å². The summed E-state index contributed by atoms with van der Waals surface area (Å²) in [6.45, 7) is 13.5. The number of ether oxygens (including phenoxy) is 3. The van der Waals surface area contributed by atoms with Crippen molar-refractivity contribution in [3.05, 3.63) is 0 Å². The van der Waals surface area contributed by atoms with E-state index in [1.807, 2.05) is 0 Å². The normalized spacial score (nSPS) is 29.1. The molecule has 126 valence electrons. The number of hydrogen-bond donors (Lipinski definition) is 0. The molecule has 21 heavy (non-hydrogen) atoms. The first kappa shape index (κ1) is 18.9. The molecule has 0 aliphatic carbocycles. The van der Waals surface area contributed by atoms with Gasteiger partial charge >= 0.3 is 0 Å². The summed E-state index contributed by atoms with van der Waals surface area (Å²) in [5, 5.41) is 0. The van der Waals surface area contributed by atoms with E-state index >= 15 is 0 Å². The Balaban J connectivity index is 2.54. The Morgan fingerprint density at radius 1 is 1.19 bits per heavy atom. The van der Waals surface area contributed by atoms with Crippen LogP contribution >= 0.6 is 0 Å². The van der Waals surface area contributed by atoms with Crippen LogP contribution in [0.15, 0.2) is 0 Å². The zero-order chi connectivity index (χ0) is 16.2. The third-order valence-corrected chi connectivity index (χ3v) is 4.31. The fourth-order valence-electron chi connectivity index (χ4n) is 2.47. The van der Waals surface area contributed by atoms with Gasteiger partial charge in [0.05, 0.1) is 17.8 Å². The van der Waals surface area contributed by atoms with Crippen LogP contribution < -0.4 is 0 Å². The van der Waals surface area contributed by atoms with E-state index in [1.54, 1.807) is 0 Å². The van der Waals surface area contributed by atoms with Gasteiger partial charge in [-0.25, -0.2) is 0 Å². The minimum absolute atomic E-state index is 0.00522. The molecule has 4 nitrogen and oxygen atoms in total. The van der Waals surface area contributed by atoms with Crippen molar-refractivity contribution in [2.24, 2.45) is 5.92 Å². The van der Waals surface area contributed by atoms with Crippen molar-refractivity contribution < 1.29 is 14.2 Å². The Morgan fingerprint density at radius 3 is 2.33 bits per heavy atom. The van der Waals surface area contributed by atoms with Gasteiger partial charge in [-0.1, -0.05) is 13.8 Å². The zero-order valence-corrected chi connectivity index (χ0v) is 15.2. The SMILES string of the molecule is CC(C)COC(C)(C)C(C)OC1CC(N(C)C)CC(C)O1. The maximum Gasteiger partial charge on any atom is 0.159 e. The lowest BCUT2D eigenvalue weighted by molar-refractivity contribution is -0.249. The molecule has 0 aromatic carbocycles. The highest BCUT2D eigenvalue weighted by Crippen LogP contribution is 2.27. The summed E-state index contributed by atoms with van der Waals surface area (Å²) in [4.78, 5) is 2.26. The maximum atomic E-state index is 6.17. The van der Waals surface area contributed by atoms with Crippen LogP contribution in [0, 0.1) is 5.92 Å². The molecular weight excluding hydrogens is 266 g/mol. The highest BCUT2D eigenvalue weighted by molar-refractivity contribution is 4.81. The van der Waals surface area contributed by atoms with Gasteiger partial charge in [0.15, 0.2) is 6.29 Å². The molecule has 1 fully saturated rings. The highest BCUT2D eigenvalue weighted by Gasteiger charge is 2.34. The lowest BCUT2D eigenvalue weighted by Crippen LogP contribution is -2.47. The van der Waals surface area contributed by atoms with Crippen LogP contribution in [0.1, 0.15) is 54.4 Å². The molecule has 1 aliphatic rings. The molecule has 0 spiro atoms. The molecule has 1 aliphatic heterocycles. The van der Waals surface area contributed by atoms with E-state index in [2.05, 4.69) is 60.5 Å². The summed E-state index contributed by atoms with van der Waals surface area (Å²) in [5.74, 6) is 0.528. The second-order valence-corrected chi connectivity index (χ2v) is 7.55. The third kappa shape index (κ3) is 6.23. The summed E-state index contributed by atoms with van der Waals surface area (Å²) in [6.07, 6.45) is 2.08. The average Bonchev–Trinajstić information content (AvgIpc) is 2.35. The number of rotatable bonds is 7. The Bertz CT molecular complexity index is 304. The lowest BCUT2D eigenvalue weighted by atomic mass is 10.0. The van der Waals surface area contributed by atoms with Gasteiger partial charge in [0.1, 0.15) is 0 Å². The van der Waals surface area contributed by atoms with Gasteiger partial charge in [0.2, 0.25) is 0 Å². The van der Waals surface area contributed by atoms with Crippen molar-refractivity contribution in [1.82, 2.24) is 4.90 Å². The number of hydrogen-bond acceptors (Lipinski definition) is 4. The second-order valence-electron chi connectivity index (χ2n) is 7.55. The monoisotopic (exact) mass is 301 g/mol. The minimum atomic E-state index is -0.304. The quantitative estimate of drug-likeness (QED) is 0.722. The standard InChI is InChI=1S/C17H35NO3/c1-12(2)11-19-17(5,6)14(4)21-16-10-15(18(7)8)9-13(3)20-16/h12-16H,9-11H2,1-8H3. The van der Waals surface area contributed by atoms with Crippen LogP contribution in [0.3, 0.4) is 0 Å². The Hall–Kier alpha value is -0.160. The molecule has 0 radical (unpaired) electrons. The summed E-state index contributed by atoms with van der Waals surface area (Å²) in [6, 6.07) is 0.519. The molecule has 0 aromatic heterocycles. The molecule has 4 heteroatoms. The summed E-state index contributed by atoms with van der Waals surface area (Å²) >= 11 is 0. The van der Waals surface area contributed by atoms with Crippen molar-refractivity contribution in [2.45, 2.75) is 84.5 Å². The van der Waals surface area contributed by atoms with Crippen LogP contribution in [0.2, 0.25) is 0 Å². The van der Waals surface area contributed by atoms with Crippen LogP contribution in [0.25, 0.3) is 0 Å². The Morgan fingerprint density at radius 2 is 1.81 bits per heavy atom. The molecular formula is C17H35NO3. The molecule has 0 amide bonds. The fourth-order valence-corrected chi connectivity index (χ4v) is 2.47. The van der Waals surface area contributed by atoms with Crippen molar-refractivity contribution in [1.29, 1.82) is 0 Å². The van der Waals surface area contributed by atoms with Gasteiger partial charge < -0.3 is 19.1 Å². The fraction of sp³-hybridized carbons (Fsp3) is 1.00. The average molecular weight is 301 g/mol. The van der Waals surface area contributed by atoms with Crippen molar-refractivity contribution in [3.63, 3.8) is 0 Å². The van der Waals surface area contributed by atoms with Gasteiger partial charge in [-0.2, -0.15) is 0 Å². The largest absolute Gasteiger partial charge is 0.373 e. The lowest BCUT2D eigenvalue weighted by Gasteiger charge is -2.40. The van der Waals surface area contributed by atoms with Crippen molar-refractivity contribution in [3.8, 4) is 0 Å². The molecule has 0 bridgehead atoms. The summed E-state index contributed by atoms with van der Waals surface area (Å²) in [5.41, 5.74) is -0.304. The first-order valence-electron chi connectivity index (χ1n) is 8.23. The highest BCUT2D eigenvalue weighted by atomic mass is 16.7. The topological polar surface area (TPSA) is 30.9 Å². The summed E-state index contributed by atoms with van der Waals surface area (Å²) in [7, 11) is 4.25. The van der Waals surface area contributed by atoms with Crippen LogP contribution in [-0.4, -0.2) is 55.7 Å². The van der Waals surface area contributed by atoms with Crippen LogP contribution in [0.5, 0.6) is 0 Å². The van der Waals surface area contributed by atoms with E-state index in [0.717, 1.165) is 19.4 Å².